The Bertz CT molecular complexity index is 419. The third kappa shape index (κ3) is 2.30. The van der Waals surface area contributed by atoms with Crippen LogP contribution in [0.5, 0.6) is 0 Å². The van der Waals surface area contributed by atoms with E-state index in [1.165, 1.54) is 0 Å². The molecular weight excluding hydrogens is 218 g/mol. The van der Waals surface area contributed by atoms with Crippen LogP contribution in [0.3, 0.4) is 0 Å². The zero-order valence-electron chi connectivity index (χ0n) is 6.97. The average Bonchev–Trinajstić information content (AvgIpc) is 2.14. The molecule has 0 aliphatic carbocycles. The van der Waals surface area contributed by atoms with Crippen molar-refractivity contribution in [2.24, 2.45) is 0 Å². The van der Waals surface area contributed by atoms with Gasteiger partial charge in [0.05, 0.1) is 5.56 Å². The van der Waals surface area contributed by atoms with Crippen LogP contribution in [0.25, 0.3) is 6.08 Å². The lowest BCUT2D eigenvalue weighted by Crippen LogP contribution is -2.03. The number of halogens is 4. The van der Waals surface area contributed by atoms with E-state index in [-0.39, 0.29) is 0 Å². The molecule has 1 rings (SSSR count). The third-order valence-corrected chi connectivity index (χ3v) is 1.42. The van der Waals surface area contributed by atoms with Gasteiger partial charge >= 0.3 is 5.97 Å². The standard InChI is InChI=1S/C8H3F4NO2/c9-5-3(1-2-4(14)15)6(10)8(12)13-7(5)11/h1-2H,(H,14,15). The zero-order chi connectivity index (χ0) is 11.6. The van der Waals surface area contributed by atoms with Crippen LogP contribution >= 0.6 is 0 Å². The largest absolute Gasteiger partial charge is 0.478 e. The Hall–Kier alpha value is -1.92. The maximum atomic E-state index is 12.8. The van der Waals surface area contributed by atoms with Gasteiger partial charge in [-0.1, -0.05) is 0 Å². The number of hydrogen-bond donors (Lipinski definition) is 1. The molecule has 1 aromatic heterocycles. The molecule has 0 unspecified atom stereocenters. The van der Waals surface area contributed by atoms with E-state index in [2.05, 4.69) is 4.98 Å². The van der Waals surface area contributed by atoms with Crippen molar-refractivity contribution in [3.63, 3.8) is 0 Å². The number of aromatic nitrogens is 1. The first-order valence-corrected chi connectivity index (χ1v) is 3.54. The summed E-state index contributed by atoms with van der Waals surface area (Å²) in [4.78, 5) is 12.3. The van der Waals surface area contributed by atoms with Crippen LogP contribution in [0.4, 0.5) is 17.6 Å². The molecule has 1 N–H and O–H groups in total. The smallest absolute Gasteiger partial charge is 0.328 e. The van der Waals surface area contributed by atoms with E-state index >= 15 is 0 Å². The van der Waals surface area contributed by atoms with E-state index in [9.17, 15) is 22.4 Å². The van der Waals surface area contributed by atoms with Crippen LogP contribution in [-0.4, -0.2) is 16.1 Å². The highest BCUT2D eigenvalue weighted by Gasteiger charge is 2.18. The Balaban J connectivity index is 3.33. The topological polar surface area (TPSA) is 50.2 Å². The Morgan fingerprint density at radius 3 is 2.00 bits per heavy atom. The SMILES string of the molecule is O=C(O)C=Cc1c(F)c(F)nc(F)c1F. The van der Waals surface area contributed by atoms with E-state index in [0.717, 1.165) is 0 Å². The van der Waals surface area contributed by atoms with E-state index in [4.69, 9.17) is 5.11 Å². The average molecular weight is 221 g/mol. The van der Waals surface area contributed by atoms with E-state index < -0.39 is 35.1 Å². The molecule has 0 saturated heterocycles. The van der Waals surface area contributed by atoms with E-state index in [1.807, 2.05) is 0 Å². The van der Waals surface area contributed by atoms with Crippen molar-refractivity contribution in [3.8, 4) is 0 Å². The fourth-order valence-electron chi connectivity index (χ4n) is 0.804. The number of rotatable bonds is 2. The summed E-state index contributed by atoms with van der Waals surface area (Å²) in [7, 11) is 0. The van der Waals surface area contributed by atoms with Crippen molar-refractivity contribution in [2.75, 3.05) is 0 Å². The second-order valence-electron chi connectivity index (χ2n) is 2.41. The minimum Gasteiger partial charge on any atom is -0.478 e. The first-order chi connectivity index (χ1) is 6.93. The van der Waals surface area contributed by atoms with Gasteiger partial charge < -0.3 is 5.11 Å². The van der Waals surface area contributed by atoms with Crippen LogP contribution < -0.4 is 0 Å². The molecule has 0 bridgehead atoms. The summed E-state index contributed by atoms with van der Waals surface area (Å²) in [5.74, 6) is -8.66. The van der Waals surface area contributed by atoms with Gasteiger partial charge in [-0.2, -0.15) is 13.8 Å². The molecule has 0 spiro atoms. The molecule has 7 heteroatoms. The number of carboxylic acid groups (broad SMARTS) is 1. The number of pyridine rings is 1. The zero-order valence-corrected chi connectivity index (χ0v) is 6.97. The summed E-state index contributed by atoms with van der Waals surface area (Å²) in [6, 6.07) is 0. The summed E-state index contributed by atoms with van der Waals surface area (Å²) >= 11 is 0. The molecule has 0 amide bonds. The molecule has 15 heavy (non-hydrogen) atoms. The fourth-order valence-corrected chi connectivity index (χ4v) is 0.804. The lowest BCUT2D eigenvalue weighted by Gasteiger charge is -2.00. The number of carboxylic acids is 1. The summed E-state index contributed by atoms with van der Waals surface area (Å²) in [6.45, 7) is 0. The molecule has 80 valence electrons. The van der Waals surface area contributed by atoms with Crippen molar-refractivity contribution >= 4 is 12.0 Å². The maximum Gasteiger partial charge on any atom is 0.328 e. The van der Waals surface area contributed by atoms with Crippen molar-refractivity contribution < 1.29 is 27.5 Å². The Morgan fingerprint density at radius 1 is 1.13 bits per heavy atom. The van der Waals surface area contributed by atoms with Crippen LogP contribution in [0.2, 0.25) is 0 Å². The molecule has 1 aromatic rings. The predicted octanol–water partition coefficient (Wildman–Crippen LogP) is 1.74. The van der Waals surface area contributed by atoms with Crippen molar-refractivity contribution in [2.45, 2.75) is 0 Å². The summed E-state index contributed by atoms with van der Waals surface area (Å²) < 4.78 is 50.5. The highest BCUT2D eigenvalue weighted by atomic mass is 19.2. The van der Waals surface area contributed by atoms with Gasteiger partial charge in [0.2, 0.25) is 0 Å². The Kier molecular flexibility index (Phi) is 3.03. The third-order valence-electron chi connectivity index (χ3n) is 1.42. The van der Waals surface area contributed by atoms with Gasteiger partial charge in [0, 0.05) is 6.08 Å². The van der Waals surface area contributed by atoms with Crippen LogP contribution in [-0.2, 0) is 4.79 Å². The lowest BCUT2D eigenvalue weighted by molar-refractivity contribution is -0.131. The van der Waals surface area contributed by atoms with Gasteiger partial charge in [0.15, 0.2) is 11.6 Å². The normalized spacial score (nSPS) is 10.9. The molecule has 0 aliphatic rings. The van der Waals surface area contributed by atoms with Crippen molar-refractivity contribution in [1.29, 1.82) is 0 Å². The molecule has 0 saturated carbocycles. The van der Waals surface area contributed by atoms with E-state index in [1.54, 1.807) is 0 Å². The van der Waals surface area contributed by atoms with Gasteiger partial charge in [-0.25, -0.2) is 13.6 Å². The van der Waals surface area contributed by atoms with Gasteiger partial charge in [-0.3, -0.25) is 0 Å². The number of hydrogen-bond acceptors (Lipinski definition) is 2. The van der Waals surface area contributed by atoms with Gasteiger partial charge in [0.1, 0.15) is 0 Å². The van der Waals surface area contributed by atoms with Crippen LogP contribution in [0.15, 0.2) is 6.08 Å². The number of nitrogens with zero attached hydrogens (tertiary/aromatic N) is 1. The molecular formula is C8H3F4NO2. The number of carbonyl (C=O) groups is 1. The summed E-state index contributed by atoms with van der Waals surface area (Å²) in [6.07, 6.45) is 0.751. The summed E-state index contributed by atoms with van der Waals surface area (Å²) in [5.41, 5.74) is -1.12. The molecule has 1 heterocycles. The molecule has 0 aromatic carbocycles. The number of aliphatic carboxylic acids is 1. The molecule has 0 atom stereocenters. The van der Waals surface area contributed by atoms with Crippen molar-refractivity contribution in [3.05, 3.63) is 35.2 Å². The summed E-state index contributed by atoms with van der Waals surface area (Å²) in [5, 5.41) is 8.16. The molecule has 0 fully saturated rings. The van der Waals surface area contributed by atoms with Crippen molar-refractivity contribution in [1.82, 2.24) is 4.98 Å². The lowest BCUT2D eigenvalue weighted by atomic mass is 10.2. The van der Waals surface area contributed by atoms with E-state index in [0.29, 0.717) is 12.2 Å². The van der Waals surface area contributed by atoms with Gasteiger partial charge in [0.25, 0.3) is 11.9 Å². The molecule has 3 nitrogen and oxygen atoms in total. The van der Waals surface area contributed by atoms with Crippen LogP contribution in [0.1, 0.15) is 5.56 Å². The second-order valence-corrected chi connectivity index (χ2v) is 2.41. The fraction of sp³-hybridized carbons (Fsp3) is 0. The van der Waals surface area contributed by atoms with Gasteiger partial charge in [-0.15, -0.1) is 0 Å². The minimum atomic E-state index is -1.83. The monoisotopic (exact) mass is 221 g/mol. The Labute approximate surface area is 80.7 Å². The maximum absolute atomic E-state index is 12.8. The quantitative estimate of drug-likeness (QED) is 0.470. The second kappa shape index (κ2) is 4.07. The highest BCUT2D eigenvalue weighted by Crippen LogP contribution is 2.17. The van der Waals surface area contributed by atoms with Gasteiger partial charge in [-0.05, 0) is 6.08 Å². The minimum absolute atomic E-state index is 0.348. The van der Waals surface area contributed by atoms with Crippen LogP contribution in [0, 0.1) is 23.5 Å². The highest BCUT2D eigenvalue weighted by molar-refractivity contribution is 5.85. The molecule has 0 radical (unpaired) electrons. The first kappa shape index (κ1) is 11.2. The molecule has 0 aliphatic heterocycles. The first-order valence-electron chi connectivity index (χ1n) is 3.54. The predicted molar refractivity (Wildman–Crippen MR) is 40.7 cm³/mol. The Morgan fingerprint density at radius 2 is 1.60 bits per heavy atom.